The molecule has 3 nitrogen and oxygen atoms in total. The number of pyridine rings is 1. The van der Waals surface area contributed by atoms with E-state index in [-0.39, 0.29) is 5.91 Å². The van der Waals surface area contributed by atoms with Crippen LogP contribution < -0.4 is 5.32 Å². The Labute approximate surface area is 120 Å². The molecular weight excluding hydrogens is 283 g/mol. The zero-order chi connectivity index (χ0) is 13.6. The van der Waals surface area contributed by atoms with Gasteiger partial charge in [-0.05, 0) is 41.8 Å². The summed E-state index contributed by atoms with van der Waals surface area (Å²) < 4.78 is 0. The molecule has 0 radical (unpaired) electrons. The van der Waals surface area contributed by atoms with Crippen LogP contribution in [0.3, 0.4) is 0 Å². The molecule has 1 aromatic carbocycles. The van der Waals surface area contributed by atoms with Crippen LogP contribution in [0.5, 0.6) is 0 Å². The van der Waals surface area contributed by atoms with Gasteiger partial charge in [-0.25, -0.2) is 4.98 Å². The minimum atomic E-state index is -0.0388. The molecule has 0 fully saturated rings. The van der Waals surface area contributed by atoms with Crippen LogP contribution in [-0.2, 0) is 11.2 Å². The van der Waals surface area contributed by atoms with Crippen molar-refractivity contribution in [2.45, 2.75) is 13.3 Å². The second-order valence-corrected chi connectivity index (χ2v) is 5.28. The summed E-state index contributed by atoms with van der Waals surface area (Å²) in [5.41, 5.74) is 4.36. The lowest BCUT2D eigenvalue weighted by Gasteiger charge is -2.10. The standard InChI is InChI=1S/C14H10Cl2N2O/c1-7-2-3-17-14(16)12(7)8-4-9-6-11(19)18-13(9)10(15)5-8/h2-5H,6H2,1H3,(H,18,19). The highest BCUT2D eigenvalue weighted by atomic mass is 35.5. The van der Waals surface area contributed by atoms with E-state index in [4.69, 9.17) is 23.2 Å². The van der Waals surface area contributed by atoms with E-state index in [0.29, 0.717) is 22.3 Å². The number of carbonyl (C=O) groups is 1. The molecule has 19 heavy (non-hydrogen) atoms. The molecule has 1 amide bonds. The summed E-state index contributed by atoms with van der Waals surface area (Å²) in [4.78, 5) is 15.5. The minimum absolute atomic E-state index is 0.0388. The molecule has 0 saturated heterocycles. The number of fused-ring (bicyclic) bond motifs is 1. The van der Waals surface area contributed by atoms with Gasteiger partial charge in [0.25, 0.3) is 0 Å². The number of nitrogens with zero attached hydrogens (tertiary/aromatic N) is 1. The molecule has 2 heterocycles. The lowest BCUT2D eigenvalue weighted by molar-refractivity contribution is -0.115. The van der Waals surface area contributed by atoms with Crippen LogP contribution in [0.1, 0.15) is 11.1 Å². The van der Waals surface area contributed by atoms with Gasteiger partial charge in [-0.2, -0.15) is 0 Å². The largest absolute Gasteiger partial charge is 0.324 e. The van der Waals surface area contributed by atoms with Gasteiger partial charge >= 0.3 is 0 Å². The summed E-state index contributed by atoms with van der Waals surface area (Å²) in [6.45, 7) is 1.97. The van der Waals surface area contributed by atoms with E-state index < -0.39 is 0 Å². The highest BCUT2D eigenvalue weighted by molar-refractivity contribution is 6.35. The first-order chi connectivity index (χ1) is 9.06. The first kappa shape index (κ1) is 12.5. The Balaban J connectivity index is 2.21. The van der Waals surface area contributed by atoms with Gasteiger partial charge in [0.05, 0.1) is 17.1 Å². The number of hydrogen-bond acceptors (Lipinski definition) is 2. The Morgan fingerprint density at radius 2 is 2.11 bits per heavy atom. The Hall–Kier alpha value is -1.58. The average Bonchev–Trinajstić information content (AvgIpc) is 2.70. The predicted octanol–water partition coefficient (Wildman–Crippen LogP) is 3.86. The van der Waals surface area contributed by atoms with Crippen molar-refractivity contribution in [2.75, 3.05) is 5.32 Å². The van der Waals surface area contributed by atoms with E-state index >= 15 is 0 Å². The van der Waals surface area contributed by atoms with Gasteiger partial charge in [-0.15, -0.1) is 0 Å². The Kier molecular flexibility index (Phi) is 2.96. The fraction of sp³-hybridized carbons (Fsp3) is 0.143. The lowest BCUT2D eigenvalue weighted by Crippen LogP contribution is -2.03. The Morgan fingerprint density at radius 3 is 2.84 bits per heavy atom. The van der Waals surface area contributed by atoms with Crippen LogP contribution in [0.4, 0.5) is 5.69 Å². The molecule has 0 atom stereocenters. The number of nitrogens with one attached hydrogen (secondary N) is 1. The molecule has 96 valence electrons. The van der Waals surface area contributed by atoms with Crippen LogP contribution >= 0.6 is 23.2 Å². The van der Waals surface area contributed by atoms with Crippen molar-refractivity contribution in [3.8, 4) is 11.1 Å². The lowest BCUT2D eigenvalue weighted by atomic mass is 10.00. The smallest absolute Gasteiger partial charge is 0.228 e. The summed E-state index contributed by atoms with van der Waals surface area (Å²) in [7, 11) is 0. The number of hydrogen-bond donors (Lipinski definition) is 1. The fourth-order valence-electron chi connectivity index (χ4n) is 2.32. The molecule has 0 aliphatic carbocycles. The summed E-state index contributed by atoms with van der Waals surface area (Å²) >= 11 is 12.4. The zero-order valence-corrected chi connectivity index (χ0v) is 11.6. The number of aryl methyl sites for hydroxylation is 1. The summed E-state index contributed by atoms with van der Waals surface area (Å²) in [6.07, 6.45) is 2.01. The third-order valence-corrected chi connectivity index (χ3v) is 3.77. The summed E-state index contributed by atoms with van der Waals surface area (Å²) in [5.74, 6) is -0.0388. The molecule has 1 aromatic heterocycles. The third kappa shape index (κ3) is 2.09. The number of amides is 1. The molecular formula is C14H10Cl2N2O. The number of carbonyl (C=O) groups excluding carboxylic acids is 1. The topological polar surface area (TPSA) is 42.0 Å². The van der Waals surface area contributed by atoms with Crippen molar-refractivity contribution < 1.29 is 4.79 Å². The monoisotopic (exact) mass is 292 g/mol. The first-order valence-electron chi connectivity index (χ1n) is 5.80. The van der Waals surface area contributed by atoms with Gasteiger partial charge < -0.3 is 5.32 Å². The van der Waals surface area contributed by atoms with E-state index in [1.165, 1.54) is 0 Å². The molecule has 3 rings (SSSR count). The van der Waals surface area contributed by atoms with Crippen LogP contribution in [0, 0.1) is 6.92 Å². The van der Waals surface area contributed by atoms with Gasteiger partial charge in [0, 0.05) is 11.8 Å². The van der Waals surface area contributed by atoms with Crippen molar-refractivity contribution in [1.82, 2.24) is 4.98 Å². The van der Waals surface area contributed by atoms with Crippen LogP contribution in [0.25, 0.3) is 11.1 Å². The van der Waals surface area contributed by atoms with Crippen LogP contribution in [0.2, 0.25) is 10.2 Å². The molecule has 2 aromatic rings. The van der Waals surface area contributed by atoms with E-state index in [2.05, 4.69) is 10.3 Å². The summed E-state index contributed by atoms with van der Waals surface area (Å²) in [5, 5.41) is 3.72. The van der Waals surface area contributed by atoms with Crippen molar-refractivity contribution in [1.29, 1.82) is 0 Å². The van der Waals surface area contributed by atoms with Crippen molar-refractivity contribution in [3.63, 3.8) is 0 Å². The van der Waals surface area contributed by atoms with Crippen molar-refractivity contribution >= 4 is 34.8 Å². The maximum Gasteiger partial charge on any atom is 0.228 e. The molecule has 5 heteroatoms. The minimum Gasteiger partial charge on any atom is -0.324 e. The molecule has 1 aliphatic heterocycles. The Morgan fingerprint density at radius 1 is 1.32 bits per heavy atom. The number of rotatable bonds is 1. The number of benzene rings is 1. The van der Waals surface area contributed by atoms with Gasteiger partial charge in [0.15, 0.2) is 0 Å². The molecule has 0 saturated carbocycles. The maximum atomic E-state index is 11.4. The molecule has 0 unspecified atom stereocenters. The van der Waals surface area contributed by atoms with Crippen molar-refractivity contribution in [2.24, 2.45) is 0 Å². The summed E-state index contributed by atoms with van der Waals surface area (Å²) in [6, 6.07) is 5.64. The number of aromatic nitrogens is 1. The normalized spacial score (nSPS) is 13.3. The van der Waals surface area contributed by atoms with E-state index in [9.17, 15) is 4.79 Å². The van der Waals surface area contributed by atoms with Crippen LogP contribution in [-0.4, -0.2) is 10.9 Å². The second-order valence-electron chi connectivity index (χ2n) is 4.51. The molecule has 0 spiro atoms. The molecule has 1 N–H and O–H groups in total. The Bertz CT molecular complexity index is 678. The third-order valence-electron chi connectivity index (χ3n) is 3.19. The highest BCUT2D eigenvalue weighted by Gasteiger charge is 2.22. The van der Waals surface area contributed by atoms with E-state index in [0.717, 1.165) is 22.3 Å². The van der Waals surface area contributed by atoms with Crippen molar-refractivity contribution in [3.05, 3.63) is 45.7 Å². The SMILES string of the molecule is Cc1ccnc(Cl)c1-c1cc(Cl)c2c(c1)CC(=O)N2. The number of anilines is 1. The van der Waals surface area contributed by atoms with E-state index in [1.807, 2.05) is 25.1 Å². The quantitative estimate of drug-likeness (QED) is 0.811. The van der Waals surface area contributed by atoms with Gasteiger partial charge in [-0.3, -0.25) is 4.79 Å². The molecule has 0 bridgehead atoms. The van der Waals surface area contributed by atoms with Crippen LogP contribution in [0.15, 0.2) is 24.4 Å². The van der Waals surface area contributed by atoms with E-state index in [1.54, 1.807) is 6.20 Å². The predicted molar refractivity (Wildman–Crippen MR) is 76.8 cm³/mol. The van der Waals surface area contributed by atoms with Gasteiger partial charge in [0.1, 0.15) is 5.15 Å². The average molecular weight is 293 g/mol. The zero-order valence-electron chi connectivity index (χ0n) is 10.1. The van der Waals surface area contributed by atoms with Gasteiger partial charge in [-0.1, -0.05) is 23.2 Å². The number of halogens is 2. The molecule has 1 aliphatic rings. The van der Waals surface area contributed by atoms with Gasteiger partial charge in [0.2, 0.25) is 5.91 Å². The highest BCUT2D eigenvalue weighted by Crippen LogP contribution is 2.38. The second kappa shape index (κ2) is 4.51. The fourth-order valence-corrected chi connectivity index (χ4v) is 2.92. The maximum absolute atomic E-state index is 11.4. The first-order valence-corrected chi connectivity index (χ1v) is 6.55.